The molecule has 0 bridgehead atoms. The van der Waals surface area contributed by atoms with Crippen LogP contribution in [0.25, 0.3) is 0 Å². The van der Waals surface area contributed by atoms with E-state index in [0.717, 1.165) is 0 Å². The van der Waals surface area contributed by atoms with Crippen molar-refractivity contribution in [1.29, 1.82) is 0 Å². The fourth-order valence-corrected chi connectivity index (χ4v) is 2.24. The SMILES string of the molecule is CC1CN(C(=O)C(=O)Nc2ccccc2O)CC(C)O1. The summed E-state index contributed by atoms with van der Waals surface area (Å²) in [5, 5.41) is 12.0. The van der Waals surface area contributed by atoms with Crippen molar-refractivity contribution in [3.63, 3.8) is 0 Å². The van der Waals surface area contributed by atoms with Gasteiger partial charge in [0.15, 0.2) is 0 Å². The average molecular weight is 278 g/mol. The lowest BCUT2D eigenvalue weighted by molar-refractivity contribution is -0.151. The summed E-state index contributed by atoms with van der Waals surface area (Å²) in [6, 6.07) is 6.28. The summed E-state index contributed by atoms with van der Waals surface area (Å²) in [6.45, 7) is 4.49. The zero-order valence-electron chi connectivity index (χ0n) is 11.5. The Balaban J connectivity index is 2.02. The van der Waals surface area contributed by atoms with Crippen molar-refractivity contribution in [1.82, 2.24) is 4.90 Å². The van der Waals surface area contributed by atoms with Gasteiger partial charge in [-0.05, 0) is 26.0 Å². The van der Waals surface area contributed by atoms with Gasteiger partial charge in [0.1, 0.15) is 5.75 Å². The van der Waals surface area contributed by atoms with E-state index in [1.165, 1.54) is 17.0 Å². The van der Waals surface area contributed by atoms with E-state index in [4.69, 9.17) is 4.74 Å². The molecular weight excluding hydrogens is 260 g/mol. The number of para-hydroxylation sites is 2. The van der Waals surface area contributed by atoms with Crippen LogP contribution in [0.2, 0.25) is 0 Å². The van der Waals surface area contributed by atoms with Crippen LogP contribution in [-0.4, -0.2) is 47.1 Å². The number of carbonyl (C=O) groups excluding carboxylic acids is 2. The van der Waals surface area contributed by atoms with E-state index < -0.39 is 11.8 Å². The summed E-state index contributed by atoms with van der Waals surface area (Å²) in [5.41, 5.74) is 0.222. The minimum Gasteiger partial charge on any atom is -0.506 e. The lowest BCUT2D eigenvalue weighted by Gasteiger charge is -2.34. The molecule has 2 rings (SSSR count). The predicted octanol–water partition coefficient (Wildman–Crippen LogP) is 0.966. The maximum absolute atomic E-state index is 12.1. The minimum atomic E-state index is -0.757. The second-order valence-corrected chi connectivity index (χ2v) is 4.94. The number of phenolic OH excluding ortho intramolecular Hbond substituents is 1. The fourth-order valence-electron chi connectivity index (χ4n) is 2.24. The van der Waals surface area contributed by atoms with Crippen molar-refractivity contribution in [2.45, 2.75) is 26.1 Å². The second kappa shape index (κ2) is 5.92. The highest BCUT2D eigenvalue weighted by Gasteiger charge is 2.29. The molecule has 0 radical (unpaired) electrons. The summed E-state index contributed by atoms with van der Waals surface area (Å²) in [7, 11) is 0. The number of nitrogens with zero attached hydrogens (tertiary/aromatic N) is 1. The quantitative estimate of drug-likeness (QED) is 0.592. The molecule has 6 heteroatoms. The van der Waals surface area contributed by atoms with Crippen LogP contribution in [0.1, 0.15) is 13.8 Å². The number of hydrogen-bond donors (Lipinski definition) is 2. The van der Waals surface area contributed by atoms with Gasteiger partial charge in [-0.3, -0.25) is 9.59 Å². The molecule has 0 aromatic heterocycles. The molecule has 6 nitrogen and oxygen atoms in total. The Morgan fingerprint density at radius 3 is 2.45 bits per heavy atom. The molecule has 0 saturated carbocycles. The van der Waals surface area contributed by atoms with E-state index in [0.29, 0.717) is 13.1 Å². The number of ether oxygens (including phenoxy) is 1. The molecule has 1 aromatic rings. The zero-order valence-corrected chi connectivity index (χ0v) is 11.5. The Kier molecular flexibility index (Phi) is 4.24. The number of morpholine rings is 1. The van der Waals surface area contributed by atoms with Gasteiger partial charge in [0, 0.05) is 13.1 Å². The van der Waals surface area contributed by atoms with E-state index in [9.17, 15) is 14.7 Å². The molecule has 1 aliphatic rings. The fraction of sp³-hybridized carbons (Fsp3) is 0.429. The number of amides is 2. The summed E-state index contributed by atoms with van der Waals surface area (Å²) in [5.74, 6) is -1.44. The molecule has 1 saturated heterocycles. The van der Waals surface area contributed by atoms with Gasteiger partial charge in [0.2, 0.25) is 0 Å². The van der Waals surface area contributed by atoms with Crippen LogP contribution >= 0.6 is 0 Å². The molecule has 2 amide bonds. The average Bonchev–Trinajstić information content (AvgIpc) is 2.39. The Bertz CT molecular complexity index is 508. The monoisotopic (exact) mass is 278 g/mol. The number of carbonyl (C=O) groups is 2. The third kappa shape index (κ3) is 3.27. The molecule has 2 atom stereocenters. The molecule has 0 aliphatic carbocycles. The molecule has 1 aliphatic heterocycles. The smallest absolute Gasteiger partial charge is 0.314 e. The van der Waals surface area contributed by atoms with Crippen LogP contribution in [0.5, 0.6) is 5.75 Å². The highest BCUT2D eigenvalue weighted by atomic mass is 16.5. The van der Waals surface area contributed by atoms with E-state index in [2.05, 4.69) is 5.32 Å². The number of anilines is 1. The van der Waals surface area contributed by atoms with Gasteiger partial charge >= 0.3 is 11.8 Å². The third-order valence-electron chi connectivity index (χ3n) is 3.05. The van der Waals surface area contributed by atoms with Crippen molar-refractivity contribution in [3.8, 4) is 5.75 Å². The Hall–Kier alpha value is -2.08. The van der Waals surface area contributed by atoms with Crippen molar-refractivity contribution in [3.05, 3.63) is 24.3 Å². The third-order valence-corrected chi connectivity index (χ3v) is 3.05. The molecule has 1 aromatic carbocycles. The van der Waals surface area contributed by atoms with Crippen molar-refractivity contribution in [2.24, 2.45) is 0 Å². The number of phenols is 1. The minimum absolute atomic E-state index is 0.0719. The largest absolute Gasteiger partial charge is 0.506 e. The topological polar surface area (TPSA) is 78.9 Å². The van der Waals surface area contributed by atoms with Crippen molar-refractivity contribution in [2.75, 3.05) is 18.4 Å². The molecule has 1 fully saturated rings. The number of benzene rings is 1. The van der Waals surface area contributed by atoms with Gasteiger partial charge in [-0.2, -0.15) is 0 Å². The molecular formula is C14H18N2O4. The van der Waals surface area contributed by atoms with Crippen LogP contribution in [0.3, 0.4) is 0 Å². The van der Waals surface area contributed by atoms with Gasteiger partial charge < -0.3 is 20.1 Å². The lowest BCUT2D eigenvalue weighted by atomic mass is 10.2. The van der Waals surface area contributed by atoms with E-state index >= 15 is 0 Å². The van der Waals surface area contributed by atoms with Crippen LogP contribution in [0.4, 0.5) is 5.69 Å². The second-order valence-electron chi connectivity index (χ2n) is 4.94. The van der Waals surface area contributed by atoms with Gasteiger partial charge in [-0.15, -0.1) is 0 Å². The maximum Gasteiger partial charge on any atom is 0.314 e. The van der Waals surface area contributed by atoms with E-state index in [1.807, 2.05) is 13.8 Å². The standard InChI is InChI=1S/C14H18N2O4/c1-9-7-16(8-10(2)20-9)14(19)13(18)15-11-5-3-4-6-12(11)17/h3-6,9-10,17H,7-8H2,1-2H3,(H,15,18). The zero-order chi connectivity index (χ0) is 14.7. The first kappa shape index (κ1) is 14.3. The van der Waals surface area contributed by atoms with Crippen LogP contribution in [-0.2, 0) is 14.3 Å². The van der Waals surface area contributed by atoms with Crippen LogP contribution < -0.4 is 5.32 Å². The van der Waals surface area contributed by atoms with E-state index in [1.54, 1.807) is 12.1 Å². The van der Waals surface area contributed by atoms with Crippen molar-refractivity contribution < 1.29 is 19.4 Å². The van der Waals surface area contributed by atoms with E-state index in [-0.39, 0.29) is 23.6 Å². The Morgan fingerprint density at radius 1 is 1.25 bits per heavy atom. The summed E-state index contributed by atoms with van der Waals surface area (Å²) < 4.78 is 5.52. The maximum atomic E-state index is 12.1. The highest BCUT2D eigenvalue weighted by Crippen LogP contribution is 2.21. The van der Waals surface area contributed by atoms with Gasteiger partial charge in [-0.1, -0.05) is 12.1 Å². The first-order chi connectivity index (χ1) is 9.47. The summed E-state index contributed by atoms with van der Waals surface area (Å²) in [6.07, 6.45) is -0.193. The summed E-state index contributed by atoms with van der Waals surface area (Å²) in [4.78, 5) is 25.5. The molecule has 20 heavy (non-hydrogen) atoms. The molecule has 108 valence electrons. The molecule has 2 N–H and O–H groups in total. The summed E-state index contributed by atoms with van der Waals surface area (Å²) >= 11 is 0. The van der Waals surface area contributed by atoms with Gasteiger partial charge in [-0.25, -0.2) is 0 Å². The van der Waals surface area contributed by atoms with Crippen molar-refractivity contribution >= 4 is 17.5 Å². The number of aromatic hydroxyl groups is 1. The molecule has 0 spiro atoms. The first-order valence-electron chi connectivity index (χ1n) is 6.51. The van der Waals surface area contributed by atoms with Gasteiger partial charge in [0.05, 0.1) is 17.9 Å². The normalized spacial score (nSPS) is 22.4. The molecule has 2 unspecified atom stereocenters. The Labute approximate surface area is 117 Å². The lowest BCUT2D eigenvalue weighted by Crippen LogP contribution is -2.51. The highest BCUT2D eigenvalue weighted by molar-refractivity contribution is 6.39. The van der Waals surface area contributed by atoms with Crippen LogP contribution in [0.15, 0.2) is 24.3 Å². The predicted molar refractivity (Wildman–Crippen MR) is 73.3 cm³/mol. The Morgan fingerprint density at radius 2 is 1.85 bits per heavy atom. The number of hydrogen-bond acceptors (Lipinski definition) is 4. The van der Waals surface area contributed by atoms with Crippen LogP contribution in [0, 0.1) is 0 Å². The number of rotatable bonds is 1. The number of nitrogens with one attached hydrogen (secondary N) is 1. The molecule has 1 heterocycles. The first-order valence-corrected chi connectivity index (χ1v) is 6.51. The van der Waals surface area contributed by atoms with Gasteiger partial charge in [0.25, 0.3) is 0 Å².